The van der Waals surface area contributed by atoms with E-state index in [0.29, 0.717) is 68.8 Å². The van der Waals surface area contributed by atoms with Crippen LogP contribution >= 0.6 is 0 Å². The average Bonchev–Trinajstić information content (AvgIpc) is 0.803. The van der Waals surface area contributed by atoms with Gasteiger partial charge in [-0.25, -0.2) is 51.2 Å². The number of halogens is 4. The van der Waals surface area contributed by atoms with Crippen molar-refractivity contribution in [3.05, 3.63) is 358 Å². The lowest BCUT2D eigenvalue weighted by molar-refractivity contribution is 0.0967. The van der Waals surface area contributed by atoms with Gasteiger partial charge in [0.1, 0.15) is 115 Å². The third-order valence-corrected chi connectivity index (χ3v) is 31.0. The molecular weight excluding hydrogens is 1840 g/mol. The normalized spacial score (nSPS) is 13.5. The third kappa shape index (κ3) is 30.0. The van der Waals surface area contributed by atoms with Crippen LogP contribution in [-0.4, -0.2) is 177 Å². The summed E-state index contributed by atoms with van der Waals surface area (Å²) in [5.74, 6) is 3.45. The summed E-state index contributed by atoms with van der Waals surface area (Å²) in [6.45, 7) is 7.48. The highest BCUT2D eigenvalue weighted by Crippen LogP contribution is 2.36. The van der Waals surface area contributed by atoms with Crippen molar-refractivity contribution in [2.24, 2.45) is 0 Å². The lowest BCUT2D eigenvalue weighted by atomic mass is 10.2. The van der Waals surface area contributed by atoms with Crippen LogP contribution in [0.2, 0.25) is 0 Å². The van der Waals surface area contributed by atoms with Crippen molar-refractivity contribution < 1.29 is 108 Å². The molecule has 12 aromatic rings. The van der Waals surface area contributed by atoms with Crippen molar-refractivity contribution in [3.8, 4) is 46.0 Å². The van der Waals surface area contributed by atoms with Gasteiger partial charge in [-0.1, -0.05) is 97.1 Å². The second kappa shape index (κ2) is 51.8. The van der Waals surface area contributed by atoms with Gasteiger partial charge >= 0.3 is 0 Å². The molecule has 0 aliphatic heterocycles. The topological polar surface area (TPSA) is 312 Å². The number of hydrogen-bond donors (Lipinski definition) is 0. The van der Waals surface area contributed by atoms with Crippen molar-refractivity contribution in [2.45, 2.75) is 125 Å². The summed E-state index contributed by atoms with van der Waals surface area (Å²) in [7, 11) is 2.72. The van der Waals surface area contributed by atoms with Gasteiger partial charge in [0, 0.05) is 80.8 Å². The molecule has 4 heterocycles. The zero-order chi connectivity index (χ0) is 98.9. The highest BCUT2D eigenvalue weighted by Gasteiger charge is 2.41. The number of aromatic nitrogens is 4. The van der Waals surface area contributed by atoms with Gasteiger partial charge in [0.15, 0.2) is 0 Å². The molecule has 8 atom stereocenters. The van der Waals surface area contributed by atoms with E-state index in [1.165, 1.54) is 94.2 Å². The first kappa shape index (κ1) is 108. The molecule has 0 fully saturated rings. The molecule has 0 N–H and O–H groups in total. The summed E-state index contributed by atoms with van der Waals surface area (Å²) in [5.41, 5.74) is 7.80. The first-order chi connectivity index (χ1) is 65.1. The van der Waals surface area contributed by atoms with Crippen LogP contribution in [-0.2, 0) is 111 Å². The highest BCUT2D eigenvalue weighted by molar-refractivity contribution is 7.90. The van der Waals surface area contributed by atoms with Crippen LogP contribution in [0.15, 0.2) is 267 Å². The number of sulfonamides is 4. The fraction of sp³-hybridized carbons (Fsp3) is 0.320. The van der Waals surface area contributed by atoms with Gasteiger partial charge in [-0.3, -0.25) is 19.9 Å². The number of pyridine rings is 4. The van der Waals surface area contributed by atoms with Crippen LogP contribution in [0.1, 0.15) is 119 Å². The van der Waals surface area contributed by atoms with Crippen LogP contribution in [0.5, 0.6) is 46.0 Å². The predicted molar refractivity (Wildman–Crippen MR) is 510 cm³/mol. The number of nitrogens with zero attached hydrogens (tertiary/aromatic N) is 8. The minimum atomic E-state index is -3.89. The van der Waals surface area contributed by atoms with E-state index in [2.05, 4.69) is 19.9 Å². The summed E-state index contributed by atoms with van der Waals surface area (Å²) in [6, 6.07) is 68.6. The van der Waals surface area contributed by atoms with Crippen molar-refractivity contribution >= 4 is 40.1 Å². The van der Waals surface area contributed by atoms with Crippen LogP contribution in [0.25, 0.3) is 0 Å². The molecule has 28 nitrogen and oxygen atoms in total. The van der Waals surface area contributed by atoms with Gasteiger partial charge in [0.2, 0.25) is 40.1 Å². The molecule has 8 aromatic carbocycles. The molecule has 0 radical (unpaired) electrons. The fourth-order valence-corrected chi connectivity index (χ4v) is 21.2. The molecule has 0 unspecified atom stereocenters. The summed E-state index contributed by atoms with van der Waals surface area (Å²) in [4.78, 5) is 16.2. The number of rotatable bonds is 44. The highest BCUT2D eigenvalue weighted by atomic mass is 32.2. The molecule has 0 spiro atoms. The Kier molecular flexibility index (Phi) is 41.0. The van der Waals surface area contributed by atoms with Crippen LogP contribution in [0.4, 0.5) is 17.6 Å². The third-order valence-electron chi connectivity index (χ3n) is 22.4. The van der Waals surface area contributed by atoms with Gasteiger partial charge in [0.25, 0.3) is 0 Å². The summed E-state index contributed by atoms with van der Waals surface area (Å²) < 4.78 is 233. The molecule has 0 aliphatic carbocycles. The van der Waals surface area contributed by atoms with E-state index in [9.17, 15) is 51.2 Å². The molecular formula is C100H116F4N8O20S4. The Morgan fingerprint density at radius 1 is 0.213 bits per heavy atom. The SMILES string of the molecule is COc1ccc(CN(Cc2ccc(OC)cc2)S(=O)(=O)[C@@H](C)[C@@H](OC)c2ccc(F)cn2)cc1.COc1ccc(CN(Cc2ccc(OC)cc2)S(=O)(=O)[C@@H](C)[C@H](OC)c2ccc(F)cn2)cc1.COc1ccc(CN(Cc2ccc(OC)cc2)S(=O)(=O)[C@H](C)[C@@H](OC)c2ccc(F)cn2)cc1.COc1ccc(CN(Cc2ccc(OC)cc2)S(=O)(=O)[C@H](C)[C@H](OC)c2ccc(F)cn2)cc1. The van der Waals surface area contributed by atoms with Gasteiger partial charge in [-0.15, -0.1) is 0 Å². The van der Waals surface area contributed by atoms with E-state index in [-0.39, 0.29) is 52.4 Å². The van der Waals surface area contributed by atoms with Crippen molar-refractivity contribution in [2.75, 3.05) is 85.3 Å². The number of methoxy groups -OCH3 is 12. The zero-order valence-corrected chi connectivity index (χ0v) is 81.8. The molecule has 0 saturated carbocycles. The molecule has 136 heavy (non-hydrogen) atoms. The van der Waals surface area contributed by atoms with Crippen molar-refractivity contribution in [1.29, 1.82) is 0 Å². The average molecular weight is 1950 g/mol. The van der Waals surface area contributed by atoms with Gasteiger partial charge in [0.05, 0.1) is 104 Å². The lowest BCUT2D eigenvalue weighted by Crippen LogP contribution is -2.40. The maximum Gasteiger partial charge on any atom is 0.220 e. The van der Waals surface area contributed by atoms with E-state index >= 15 is 0 Å². The molecule has 12 rings (SSSR count). The molecule has 0 saturated heterocycles. The second-order valence-electron chi connectivity index (χ2n) is 31.1. The quantitative estimate of drug-likeness (QED) is 0.0320. The van der Waals surface area contributed by atoms with E-state index in [0.717, 1.165) is 69.3 Å². The first-order valence-electron chi connectivity index (χ1n) is 42.7. The van der Waals surface area contributed by atoms with Crippen molar-refractivity contribution in [3.63, 3.8) is 0 Å². The number of ether oxygens (including phenoxy) is 12. The van der Waals surface area contributed by atoms with E-state index in [1.54, 1.807) is 182 Å². The molecule has 0 bridgehead atoms. The monoisotopic (exact) mass is 1950 g/mol. The Balaban J connectivity index is 0.000000203. The van der Waals surface area contributed by atoms with Crippen molar-refractivity contribution in [1.82, 2.24) is 37.2 Å². The first-order valence-corrected chi connectivity index (χ1v) is 48.7. The van der Waals surface area contributed by atoms with Crippen LogP contribution in [0, 0.1) is 23.3 Å². The largest absolute Gasteiger partial charge is 0.497 e. The van der Waals surface area contributed by atoms with E-state index in [4.69, 9.17) is 56.8 Å². The van der Waals surface area contributed by atoms with E-state index in [1.807, 2.05) is 97.1 Å². The molecule has 0 aliphatic rings. The Morgan fingerprint density at radius 2 is 0.338 bits per heavy atom. The van der Waals surface area contributed by atoms with Gasteiger partial charge in [-0.2, -0.15) is 17.2 Å². The molecule has 0 amide bonds. The molecule has 36 heteroatoms. The minimum Gasteiger partial charge on any atom is -0.497 e. The smallest absolute Gasteiger partial charge is 0.220 e. The minimum absolute atomic E-state index is 0.149. The van der Waals surface area contributed by atoms with Gasteiger partial charge in [-0.05, 0) is 218 Å². The molecule has 4 aromatic heterocycles. The number of benzene rings is 8. The molecule has 728 valence electrons. The fourth-order valence-electron chi connectivity index (χ4n) is 14.4. The Bertz CT molecular complexity index is 5170. The Hall–Kier alpha value is -12.0. The van der Waals surface area contributed by atoms with Crippen LogP contribution in [0.3, 0.4) is 0 Å². The maximum atomic E-state index is 13.8. The summed E-state index contributed by atoms with van der Waals surface area (Å²) in [5, 5.41) is -3.92. The lowest BCUT2D eigenvalue weighted by Gasteiger charge is -2.30. The maximum absolute atomic E-state index is 13.8. The number of hydrogen-bond acceptors (Lipinski definition) is 24. The van der Waals surface area contributed by atoms with E-state index < -0.39 is 109 Å². The Labute approximate surface area is 795 Å². The summed E-state index contributed by atoms with van der Waals surface area (Å²) >= 11 is 0. The summed E-state index contributed by atoms with van der Waals surface area (Å²) in [6.07, 6.45) is 0.695. The predicted octanol–water partition coefficient (Wildman–Crippen LogP) is 17.4. The van der Waals surface area contributed by atoms with Crippen LogP contribution < -0.4 is 37.9 Å². The zero-order valence-electron chi connectivity index (χ0n) is 78.6. The Morgan fingerprint density at radius 3 is 0.434 bits per heavy atom. The standard InChI is InChI=1S/4C25H29FN2O5S/c4*1-18(25(33-4)24-14-9-21(26)15-27-24)34(29,30)28(16-19-5-10-22(31-2)11-6-19)17-20-7-12-23(32-3)13-8-20/h4*5-15,18,25H,16-17H2,1-4H3/t2*18-,25+;2*18-,25-/m1010/s1. The van der Waals surface area contributed by atoms with Gasteiger partial charge < -0.3 is 56.8 Å². The second-order valence-corrected chi connectivity index (χ2v) is 40.2.